The van der Waals surface area contributed by atoms with Crippen LogP contribution in [-0.2, 0) is 11.2 Å². The van der Waals surface area contributed by atoms with Crippen molar-refractivity contribution in [2.75, 3.05) is 13.7 Å². The average molecular weight is 233 g/mol. The standard InChI is InChI=1S/C9H10BrFO/c1-12-5-4-7-6-8(10)2-3-9(7)11/h2-3,6H,4-5H2,1H3. The van der Waals surface area contributed by atoms with Crippen molar-refractivity contribution in [1.29, 1.82) is 0 Å². The third-order valence-electron chi connectivity index (χ3n) is 1.58. The molecule has 0 bridgehead atoms. The van der Waals surface area contributed by atoms with Gasteiger partial charge < -0.3 is 4.74 Å². The monoisotopic (exact) mass is 232 g/mol. The van der Waals surface area contributed by atoms with E-state index in [0.29, 0.717) is 18.6 Å². The van der Waals surface area contributed by atoms with E-state index in [0.717, 1.165) is 4.47 Å². The molecule has 0 amide bonds. The highest BCUT2D eigenvalue weighted by atomic mass is 79.9. The van der Waals surface area contributed by atoms with Gasteiger partial charge in [-0.2, -0.15) is 0 Å². The summed E-state index contributed by atoms with van der Waals surface area (Å²) in [5.74, 6) is -0.171. The molecule has 1 nitrogen and oxygen atoms in total. The predicted molar refractivity (Wildman–Crippen MR) is 49.7 cm³/mol. The summed E-state index contributed by atoms with van der Waals surface area (Å²) in [6, 6.07) is 4.91. The summed E-state index contributed by atoms with van der Waals surface area (Å²) in [5.41, 5.74) is 0.686. The van der Waals surface area contributed by atoms with E-state index in [4.69, 9.17) is 4.74 Å². The van der Waals surface area contributed by atoms with Gasteiger partial charge in [0.05, 0.1) is 6.61 Å². The molecule has 0 N–H and O–H groups in total. The molecule has 0 saturated carbocycles. The van der Waals surface area contributed by atoms with Crippen LogP contribution in [0.4, 0.5) is 4.39 Å². The van der Waals surface area contributed by atoms with E-state index in [-0.39, 0.29) is 5.82 Å². The molecule has 3 heteroatoms. The van der Waals surface area contributed by atoms with Crippen LogP contribution in [0.2, 0.25) is 0 Å². The normalized spacial score (nSPS) is 10.2. The number of benzene rings is 1. The molecule has 0 aliphatic rings. The van der Waals surface area contributed by atoms with Gasteiger partial charge in [0.15, 0.2) is 0 Å². The second-order valence-corrected chi connectivity index (χ2v) is 3.39. The Morgan fingerprint density at radius 3 is 2.92 bits per heavy atom. The van der Waals surface area contributed by atoms with Crippen LogP contribution in [-0.4, -0.2) is 13.7 Å². The Balaban J connectivity index is 2.75. The molecule has 0 saturated heterocycles. The van der Waals surface area contributed by atoms with E-state index >= 15 is 0 Å². The Hall–Kier alpha value is -0.410. The Morgan fingerprint density at radius 1 is 1.50 bits per heavy atom. The predicted octanol–water partition coefficient (Wildman–Crippen LogP) is 2.78. The lowest BCUT2D eigenvalue weighted by molar-refractivity contribution is 0.201. The zero-order valence-electron chi connectivity index (χ0n) is 6.81. The minimum atomic E-state index is -0.171. The number of hydrogen-bond donors (Lipinski definition) is 0. The second-order valence-electron chi connectivity index (χ2n) is 2.48. The van der Waals surface area contributed by atoms with Crippen LogP contribution in [0.15, 0.2) is 22.7 Å². The minimum Gasteiger partial charge on any atom is -0.384 e. The lowest BCUT2D eigenvalue weighted by Gasteiger charge is -2.02. The smallest absolute Gasteiger partial charge is 0.126 e. The number of ether oxygens (including phenoxy) is 1. The zero-order chi connectivity index (χ0) is 8.97. The highest BCUT2D eigenvalue weighted by molar-refractivity contribution is 9.10. The quantitative estimate of drug-likeness (QED) is 0.779. The third kappa shape index (κ3) is 2.57. The van der Waals surface area contributed by atoms with E-state index in [1.807, 2.05) is 0 Å². The maximum atomic E-state index is 13.0. The van der Waals surface area contributed by atoms with Gasteiger partial charge in [-0.15, -0.1) is 0 Å². The van der Waals surface area contributed by atoms with Gasteiger partial charge >= 0.3 is 0 Å². The summed E-state index contributed by atoms with van der Waals surface area (Å²) >= 11 is 3.28. The molecule has 0 atom stereocenters. The van der Waals surface area contributed by atoms with E-state index in [9.17, 15) is 4.39 Å². The SMILES string of the molecule is COCCc1cc(Br)ccc1F. The zero-order valence-corrected chi connectivity index (χ0v) is 8.40. The van der Waals surface area contributed by atoms with Crippen LogP contribution in [0.3, 0.4) is 0 Å². The number of methoxy groups -OCH3 is 1. The summed E-state index contributed by atoms with van der Waals surface area (Å²) in [5, 5.41) is 0. The van der Waals surface area contributed by atoms with Crippen LogP contribution < -0.4 is 0 Å². The topological polar surface area (TPSA) is 9.23 Å². The van der Waals surface area contributed by atoms with E-state index in [1.165, 1.54) is 6.07 Å². The van der Waals surface area contributed by atoms with Gasteiger partial charge in [-0.1, -0.05) is 15.9 Å². The summed E-state index contributed by atoms with van der Waals surface area (Å²) in [6.45, 7) is 0.549. The second kappa shape index (κ2) is 4.58. The van der Waals surface area contributed by atoms with Crippen molar-refractivity contribution in [3.8, 4) is 0 Å². The van der Waals surface area contributed by atoms with Crippen LogP contribution in [0.25, 0.3) is 0 Å². The fourth-order valence-electron chi connectivity index (χ4n) is 0.947. The Bertz CT molecular complexity index is 263. The van der Waals surface area contributed by atoms with Crippen molar-refractivity contribution in [2.45, 2.75) is 6.42 Å². The number of halogens is 2. The fourth-order valence-corrected chi connectivity index (χ4v) is 1.36. The summed E-state index contributed by atoms with van der Waals surface area (Å²) in [4.78, 5) is 0. The Morgan fingerprint density at radius 2 is 2.25 bits per heavy atom. The van der Waals surface area contributed by atoms with Crippen LogP contribution in [0, 0.1) is 5.82 Å². The summed E-state index contributed by atoms with van der Waals surface area (Å²) < 4.78 is 18.8. The van der Waals surface area contributed by atoms with Crippen molar-refractivity contribution in [3.05, 3.63) is 34.1 Å². The van der Waals surface area contributed by atoms with Gasteiger partial charge in [0, 0.05) is 11.6 Å². The highest BCUT2D eigenvalue weighted by Crippen LogP contribution is 2.15. The summed E-state index contributed by atoms with van der Waals surface area (Å²) in [7, 11) is 1.61. The number of hydrogen-bond acceptors (Lipinski definition) is 1. The molecule has 12 heavy (non-hydrogen) atoms. The first-order chi connectivity index (χ1) is 5.74. The molecule has 0 unspecified atom stereocenters. The molecule has 66 valence electrons. The molecule has 0 radical (unpaired) electrons. The van der Waals surface area contributed by atoms with Crippen LogP contribution in [0.5, 0.6) is 0 Å². The minimum absolute atomic E-state index is 0.171. The van der Waals surface area contributed by atoms with Crippen LogP contribution >= 0.6 is 15.9 Å². The largest absolute Gasteiger partial charge is 0.384 e. The van der Waals surface area contributed by atoms with Crippen molar-refractivity contribution in [2.24, 2.45) is 0 Å². The van der Waals surface area contributed by atoms with Crippen LogP contribution in [0.1, 0.15) is 5.56 Å². The Kier molecular flexibility index (Phi) is 3.69. The average Bonchev–Trinajstić information content (AvgIpc) is 2.07. The molecule has 0 heterocycles. The van der Waals surface area contributed by atoms with E-state index < -0.39 is 0 Å². The molecule has 0 fully saturated rings. The fraction of sp³-hybridized carbons (Fsp3) is 0.333. The van der Waals surface area contributed by atoms with Gasteiger partial charge in [0.2, 0.25) is 0 Å². The third-order valence-corrected chi connectivity index (χ3v) is 2.08. The lowest BCUT2D eigenvalue weighted by atomic mass is 10.1. The number of rotatable bonds is 3. The van der Waals surface area contributed by atoms with Gasteiger partial charge in [0.25, 0.3) is 0 Å². The van der Waals surface area contributed by atoms with Gasteiger partial charge in [-0.25, -0.2) is 4.39 Å². The molecule has 0 aromatic heterocycles. The highest BCUT2D eigenvalue weighted by Gasteiger charge is 2.01. The van der Waals surface area contributed by atoms with Gasteiger partial charge in [-0.05, 0) is 30.2 Å². The maximum Gasteiger partial charge on any atom is 0.126 e. The molecule has 0 aliphatic heterocycles. The Labute approximate surface area is 79.7 Å². The molecular formula is C9H10BrFO. The lowest BCUT2D eigenvalue weighted by Crippen LogP contribution is -1.97. The first-order valence-corrected chi connectivity index (χ1v) is 4.46. The van der Waals surface area contributed by atoms with Gasteiger partial charge in [-0.3, -0.25) is 0 Å². The molecule has 0 spiro atoms. The van der Waals surface area contributed by atoms with E-state index in [1.54, 1.807) is 19.2 Å². The van der Waals surface area contributed by atoms with E-state index in [2.05, 4.69) is 15.9 Å². The first kappa shape index (κ1) is 9.68. The van der Waals surface area contributed by atoms with Crippen molar-refractivity contribution >= 4 is 15.9 Å². The molecule has 0 aliphatic carbocycles. The first-order valence-electron chi connectivity index (χ1n) is 3.67. The van der Waals surface area contributed by atoms with Gasteiger partial charge in [0.1, 0.15) is 5.82 Å². The molecule has 1 rings (SSSR count). The summed E-state index contributed by atoms with van der Waals surface area (Å²) in [6.07, 6.45) is 0.613. The van der Waals surface area contributed by atoms with Crippen molar-refractivity contribution in [3.63, 3.8) is 0 Å². The molecule has 1 aromatic rings. The maximum absolute atomic E-state index is 13.0. The molecular weight excluding hydrogens is 223 g/mol. The van der Waals surface area contributed by atoms with Crippen molar-refractivity contribution < 1.29 is 9.13 Å². The molecule has 1 aromatic carbocycles. The van der Waals surface area contributed by atoms with Crippen molar-refractivity contribution in [1.82, 2.24) is 0 Å².